The molecule has 0 aliphatic carbocycles. The van der Waals surface area contributed by atoms with E-state index in [1.54, 1.807) is 24.3 Å². The van der Waals surface area contributed by atoms with E-state index in [1.165, 1.54) is 30.3 Å². The summed E-state index contributed by atoms with van der Waals surface area (Å²) >= 11 is -1.51. The largest absolute Gasteiger partial charge is 0.477 e. The van der Waals surface area contributed by atoms with Crippen LogP contribution in [-0.4, -0.2) is 19.8 Å². The molecule has 0 saturated carbocycles. The molecule has 8 heteroatoms. The van der Waals surface area contributed by atoms with Crippen LogP contribution in [0.1, 0.15) is 15.2 Å². The molecule has 2 aromatic carbocycles. The number of hydrogen-bond acceptors (Lipinski definition) is 3. The van der Waals surface area contributed by atoms with Gasteiger partial charge in [0, 0.05) is 4.88 Å². The van der Waals surface area contributed by atoms with Gasteiger partial charge in [-0.05, 0) is 42.8 Å². The molecular formula is C18H14FNO4S2. The van der Waals surface area contributed by atoms with E-state index in [2.05, 4.69) is 0 Å². The minimum atomic E-state index is -2.47. The molecule has 1 atom stereocenters. The molecule has 0 aliphatic heterocycles. The summed E-state index contributed by atoms with van der Waals surface area (Å²) in [5.41, 5.74) is 2.08. The van der Waals surface area contributed by atoms with Gasteiger partial charge in [-0.3, -0.25) is 4.55 Å². The Morgan fingerprint density at radius 1 is 1.12 bits per heavy atom. The first-order valence-corrected chi connectivity index (χ1v) is 9.35. The Kier molecular flexibility index (Phi) is 5.17. The van der Waals surface area contributed by atoms with E-state index in [0.717, 1.165) is 21.2 Å². The highest BCUT2D eigenvalue weighted by Crippen LogP contribution is 2.40. The van der Waals surface area contributed by atoms with E-state index in [0.29, 0.717) is 16.1 Å². The quantitative estimate of drug-likeness (QED) is 0.611. The number of benzene rings is 2. The molecule has 0 amide bonds. The van der Waals surface area contributed by atoms with Gasteiger partial charge < -0.3 is 5.11 Å². The van der Waals surface area contributed by atoms with Crippen molar-refractivity contribution in [1.29, 1.82) is 0 Å². The van der Waals surface area contributed by atoms with E-state index >= 15 is 0 Å². The van der Waals surface area contributed by atoms with Crippen molar-refractivity contribution in [3.8, 4) is 10.4 Å². The summed E-state index contributed by atoms with van der Waals surface area (Å²) in [5, 5.41) is 9.53. The zero-order valence-corrected chi connectivity index (χ0v) is 15.2. The monoisotopic (exact) mass is 391 g/mol. The van der Waals surface area contributed by atoms with Gasteiger partial charge in [-0.15, -0.1) is 11.3 Å². The lowest BCUT2D eigenvalue weighted by Crippen LogP contribution is -2.20. The highest BCUT2D eigenvalue weighted by atomic mass is 32.2. The number of nitrogens with zero attached hydrogens (tertiary/aromatic N) is 1. The third-order valence-electron chi connectivity index (χ3n) is 3.68. The Hall–Kier alpha value is -2.55. The molecule has 5 nitrogen and oxygen atoms in total. The third-order valence-corrected chi connectivity index (χ3v) is 5.56. The summed E-state index contributed by atoms with van der Waals surface area (Å²) in [5.74, 6) is -1.61. The van der Waals surface area contributed by atoms with Crippen LogP contribution in [0.5, 0.6) is 0 Å². The number of carbonyl (C=O) groups is 1. The van der Waals surface area contributed by atoms with Gasteiger partial charge in [-0.25, -0.2) is 17.7 Å². The zero-order chi connectivity index (χ0) is 18.8. The van der Waals surface area contributed by atoms with Crippen molar-refractivity contribution in [2.75, 3.05) is 4.31 Å². The smallest absolute Gasteiger partial charge is 0.348 e. The van der Waals surface area contributed by atoms with Crippen molar-refractivity contribution >= 4 is 39.9 Å². The third kappa shape index (κ3) is 3.67. The molecule has 0 radical (unpaired) electrons. The van der Waals surface area contributed by atoms with E-state index in [9.17, 15) is 23.1 Å². The second kappa shape index (κ2) is 7.36. The fourth-order valence-electron chi connectivity index (χ4n) is 2.44. The normalized spacial score (nSPS) is 12.0. The predicted octanol–water partition coefficient (Wildman–Crippen LogP) is 4.84. The van der Waals surface area contributed by atoms with Crippen LogP contribution in [-0.2, 0) is 11.3 Å². The maximum atomic E-state index is 13.1. The molecule has 0 bridgehead atoms. The summed E-state index contributed by atoms with van der Waals surface area (Å²) in [4.78, 5) is 12.2. The van der Waals surface area contributed by atoms with E-state index in [4.69, 9.17) is 0 Å². The SMILES string of the molecule is Cc1ccc(N(c2cc(-c3ccc(F)cc3)sc2C(=O)O)S(=O)O)cc1. The standard InChI is InChI=1S/C18H14FNO4S2/c1-11-2-8-14(9-3-11)20(26(23)24)15-10-16(25-17(15)18(21)22)12-4-6-13(19)7-5-12/h2-10H,1H3,(H,21,22)(H,23,24). The lowest BCUT2D eigenvalue weighted by Gasteiger charge is -2.19. The Labute approximate surface area is 155 Å². The van der Waals surface area contributed by atoms with Crippen LogP contribution in [0.25, 0.3) is 10.4 Å². The second-order valence-electron chi connectivity index (χ2n) is 5.50. The Morgan fingerprint density at radius 2 is 1.73 bits per heavy atom. The molecule has 1 heterocycles. The molecule has 2 N–H and O–H groups in total. The first-order valence-electron chi connectivity index (χ1n) is 7.47. The van der Waals surface area contributed by atoms with Crippen LogP contribution >= 0.6 is 11.3 Å². The minimum Gasteiger partial charge on any atom is -0.477 e. The van der Waals surface area contributed by atoms with Crippen molar-refractivity contribution in [1.82, 2.24) is 0 Å². The van der Waals surface area contributed by atoms with Crippen molar-refractivity contribution in [3.05, 3.63) is 70.9 Å². The zero-order valence-electron chi connectivity index (χ0n) is 13.5. The van der Waals surface area contributed by atoms with E-state index < -0.39 is 23.1 Å². The molecule has 3 aromatic rings. The number of thiophene rings is 1. The van der Waals surface area contributed by atoms with Crippen molar-refractivity contribution in [2.24, 2.45) is 0 Å². The van der Waals surface area contributed by atoms with Crippen LogP contribution in [0.2, 0.25) is 0 Å². The number of carboxylic acid groups (broad SMARTS) is 1. The van der Waals surface area contributed by atoms with Gasteiger partial charge in [0.25, 0.3) is 11.3 Å². The van der Waals surface area contributed by atoms with Gasteiger partial charge in [0.05, 0.1) is 11.4 Å². The predicted molar refractivity (Wildman–Crippen MR) is 101 cm³/mol. The molecule has 1 unspecified atom stereocenters. The summed E-state index contributed by atoms with van der Waals surface area (Å²) in [6, 6.07) is 14.0. The van der Waals surface area contributed by atoms with Crippen molar-refractivity contribution < 1.29 is 23.1 Å². The maximum Gasteiger partial charge on any atom is 0.348 e. The van der Waals surface area contributed by atoms with Gasteiger partial charge in [0.15, 0.2) is 0 Å². The van der Waals surface area contributed by atoms with Crippen LogP contribution < -0.4 is 4.31 Å². The van der Waals surface area contributed by atoms with Crippen molar-refractivity contribution in [2.45, 2.75) is 6.92 Å². The van der Waals surface area contributed by atoms with Crippen LogP contribution in [0.4, 0.5) is 15.8 Å². The molecule has 1 aromatic heterocycles. The topological polar surface area (TPSA) is 77.8 Å². The van der Waals surface area contributed by atoms with Crippen LogP contribution in [0.3, 0.4) is 0 Å². The Bertz CT molecular complexity index is 968. The highest BCUT2D eigenvalue weighted by molar-refractivity contribution is 7.81. The summed E-state index contributed by atoms with van der Waals surface area (Å²) in [6.45, 7) is 1.88. The summed E-state index contributed by atoms with van der Waals surface area (Å²) in [6.07, 6.45) is 0. The fraction of sp³-hybridized carbons (Fsp3) is 0.0556. The highest BCUT2D eigenvalue weighted by Gasteiger charge is 2.25. The number of halogens is 1. The lowest BCUT2D eigenvalue weighted by molar-refractivity contribution is 0.0703. The van der Waals surface area contributed by atoms with E-state index in [1.807, 2.05) is 6.92 Å². The molecule has 3 rings (SSSR count). The number of rotatable bonds is 5. The van der Waals surface area contributed by atoms with E-state index in [-0.39, 0.29) is 10.6 Å². The van der Waals surface area contributed by atoms with Crippen molar-refractivity contribution in [3.63, 3.8) is 0 Å². The number of hydrogen-bond donors (Lipinski definition) is 2. The average molecular weight is 391 g/mol. The van der Waals surface area contributed by atoms with Crippen LogP contribution in [0, 0.1) is 12.7 Å². The average Bonchev–Trinajstić information content (AvgIpc) is 3.02. The van der Waals surface area contributed by atoms with Gasteiger partial charge in [0.2, 0.25) is 0 Å². The minimum absolute atomic E-state index is 0.0766. The molecule has 0 aliphatic rings. The second-order valence-corrected chi connectivity index (χ2v) is 7.38. The molecule has 26 heavy (non-hydrogen) atoms. The first kappa shape index (κ1) is 18.2. The van der Waals surface area contributed by atoms with Gasteiger partial charge in [-0.1, -0.05) is 29.8 Å². The number of aromatic carboxylic acids is 1. The lowest BCUT2D eigenvalue weighted by atomic mass is 10.1. The molecular weight excluding hydrogens is 377 g/mol. The van der Waals surface area contributed by atoms with Gasteiger partial charge in [-0.2, -0.15) is 0 Å². The van der Waals surface area contributed by atoms with Crippen LogP contribution in [0.15, 0.2) is 54.6 Å². The Morgan fingerprint density at radius 3 is 2.27 bits per heavy atom. The Balaban J connectivity index is 2.14. The summed E-state index contributed by atoms with van der Waals surface area (Å²) < 4.78 is 35.9. The maximum absolute atomic E-state index is 13.1. The first-order chi connectivity index (χ1) is 12.4. The molecule has 0 spiro atoms. The number of anilines is 2. The number of carboxylic acids is 1. The fourth-order valence-corrected chi connectivity index (χ4v) is 4.09. The summed E-state index contributed by atoms with van der Waals surface area (Å²) in [7, 11) is 0. The van der Waals surface area contributed by atoms with Gasteiger partial charge in [0.1, 0.15) is 10.7 Å². The number of aryl methyl sites for hydroxylation is 1. The van der Waals surface area contributed by atoms with Gasteiger partial charge >= 0.3 is 5.97 Å². The molecule has 0 saturated heterocycles. The molecule has 134 valence electrons. The molecule has 0 fully saturated rings.